The van der Waals surface area contributed by atoms with Crippen LogP contribution in [0.15, 0.2) is 48.5 Å². The van der Waals surface area contributed by atoms with Crippen LogP contribution < -0.4 is 5.32 Å². The van der Waals surface area contributed by atoms with Crippen LogP contribution in [-0.4, -0.2) is 22.8 Å². The molecule has 1 fully saturated rings. The van der Waals surface area contributed by atoms with Crippen molar-refractivity contribution in [1.82, 2.24) is 5.32 Å². The van der Waals surface area contributed by atoms with Crippen LogP contribution in [0.5, 0.6) is 0 Å². The Kier molecular flexibility index (Phi) is 7.15. The summed E-state index contributed by atoms with van der Waals surface area (Å²) in [6, 6.07) is 16.9. The first-order chi connectivity index (χ1) is 11.8. The van der Waals surface area contributed by atoms with Gasteiger partial charge in [0.1, 0.15) is 0 Å². The Balaban J connectivity index is 0.00000243. The Hall–Kier alpha value is -1.06. The molecule has 0 radical (unpaired) electrons. The lowest BCUT2D eigenvalue weighted by Gasteiger charge is -2.27. The van der Waals surface area contributed by atoms with E-state index < -0.39 is 0 Å². The lowest BCUT2D eigenvalue weighted by molar-refractivity contribution is 0.133. The molecular weight excluding hydrogens is 365 g/mol. The van der Waals surface area contributed by atoms with Gasteiger partial charge in [-0.05, 0) is 74.8 Å². The zero-order valence-corrected chi connectivity index (χ0v) is 17.3. The molecule has 0 amide bonds. The second-order valence-corrected chi connectivity index (χ2v) is 8.75. The Morgan fingerprint density at radius 3 is 2.04 bits per heavy atom. The lowest BCUT2D eigenvalue weighted by atomic mass is 9.95. The Bertz CT molecular complexity index is 692. The van der Waals surface area contributed by atoms with Crippen molar-refractivity contribution in [2.24, 2.45) is 5.92 Å². The van der Waals surface area contributed by atoms with Crippen LogP contribution >= 0.6 is 24.0 Å². The van der Waals surface area contributed by atoms with Crippen LogP contribution in [0.1, 0.15) is 39.2 Å². The number of benzene rings is 2. The molecule has 3 atom stereocenters. The molecule has 2 N–H and O–H groups in total. The summed E-state index contributed by atoms with van der Waals surface area (Å²) in [5.74, 6) is 0.538. The van der Waals surface area contributed by atoms with Crippen molar-refractivity contribution in [1.29, 1.82) is 0 Å². The summed E-state index contributed by atoms with van der Waals surface area (Å²) in [6.45, 7) is 6.47. The normalized spacial score (nSPS) is 22.9. The first-order valence-corrected chi connectivity index (χ1v) is 9.48. The molecule has 3 rings (SSSR count). The van der Waals surface area contributed by atoms with Gasteiger partial charge in [0.25, 0.3) is 0 Å². The minimum atomic E-state index is -0.238. The largest absolute Gasteiger partial charge is 0.391 e. The molecule has 0 heterocycles. The van der Waals surface area contributed by atoms with E-state index in [-0.39, 0.29) is 30.1 Å². The summed E-state index contributed by atoms with van der Waals surface area (Å²) >= 11 is 5.96. The molecule has 0 aliphatic heterocycles. The summed E-state index contributed by atoms with van der Waals surface area (Å²) in [7, 11) is 0. The van der Waals surface area contributed by atoms with Crippen LogP contribution in [0, 0.1) is 5.92 Å². The van der Waals surface area contributed by atoms with Crippen LogP contribution in [0.3, 0.4) is 0 Å². The standard InChI is InChI=1S/C22H28ClNO.ClH/c1-22(2,3)24-20-13-16(14-21(20)25)12-15-4-6-17(7-5-15)18-8-10-19(23)11-9-18;/h4-11,16,20-21,24-25H,12-14H2,1-3H3;1H/t16-,20-,21-;/m1./s1. The predicted octanol–water partition coefficient (Wildman–Crippen LogP) is 5.50. The first-order valence-electron chi connectivity index (χ1n) is 9.11. The molecule has 0 aromatic heterocycles. The SMILES string of the molecule is CC(C)(C)N[C@@H]1C[C@@H](Cc2ccc(-c3ccc(Cl)cc3)cc2)C[C@H]1O.Cl. The molecule has 4 heteroatoms. The van der Waals surface area contributed by atoms with Gasteiger partial charge in [0, 0.05) is 16.6 Å². The van der Waals surface area contributed by atoms with Crippen LogP contribution in [0.25, 0.3) is 11.1 Å². The molecule has 0 unspecified atom stereocenters. The number of hydrogen-bond donors (Lipinski definition) is 2. The zero-order valence-electron chi connectivity index (χ0n) is 15.7. The van der Waals surface area contributed by atoms with Crippen molar-refractivity contribution in [3.63, 3.8) is 0 Å². The number of hydrogen-bond acceptors (Lipinski definition) is 2. The van der Waals surface area contributed by atoms with Crippen molar-refractivity contribution in [3.8, 4) is 11.1 Å². The molecule has 2 aromatic carbocycles. The van der Waals surface area contributed by atoms with E-state index in [9.17, 15) is 5.11 Å². The van der Waals surface area contributed by atoms with Gasteiger partial charge >= 0.3 is 0 Å². The predicted molar refractivity (Wildman–Crippen MR) is 113 cm³/mol. The third-order valence-corrected chi connectivity index (χ3v) is 5.15. The second kappa shape index (κ2) is 8.75. The topological polar surface area (TPSA) is 32.3 Å². The van der Waals surface area contributed by atoms with E-state index in [4.69, 9.17) is 11.6 Å². The number of rotatable bonds is 4. The van der Waals surface area contributed by atoms with E-state index in [0.717, 1.165) is 24.3 Å². The molecule has 1 aliphatic rings. The molecule has 2 nitrogen and oxygen atoms in total. The molecule has 2 aromatic rings. The summed E-state index contributed by atoms with van der Waals surface area (Å²) in [5, 5.41) is 14.7. The van der Waals surface area contributed by atoms with Gasteiger partial charge in [0.05, 0.1) is 6.10 Å². The van der Waals surface area contributed by atoms with E-state index in [1.54, 1.807) is 0 Å². The average Bonchev–Trinajstić information content (AvgIpc) is 2.86. The molecule has 142 valence electrons. The first kappa shape index (κ1) is 21.2. The van der Waals surface area contributed by atoms with Crippen molar-refractivity contribution in [2.75, 3.05) is 0 Å². The van der Waals surface area contributed by atoms with Crippen molar-refractivity contribution >= 4 is 24.0 Å². The van der Waals surface area contributed by atoms with Gasteiger partial charge in [-0.3, -0.25) is 0 Å². The fourth-order valence-electron chi connectivity index (χ4n) is 3.81. The third kappa shape index (κ3) is 5.72. The van der Waals surface area contributed by atoms with Crippen molar-refractivity contribution in [2.45, 2.75) is 57.7 Å². The number of aliphatic hydroxyl groups is 1. The van der Waals surface area contributed by atoms with Crippen molar-refractivity contribution < 1.29 is 5.11 Å². The third-order valence-electron chi connectivity index (χ3n) is 4.90. The van der Waals surface area contributed by atoms with Gasteiger partial charge in [0.2, 0.25) is 0 Å². The number of nitrogens with one attached hydrogen (secondary N) is 1. The summed E-state index contributed by atoms with van der Waals surface area (Å²) in [5.41, 5.74) is 3.77. The molecule has 0 spiro atoms. The number of aliphatic hydroxyl groups excluding tert-OH is 1. The van der Waals surface area contributed by atoms with Gasteiger partial charge in [-0.1, -0.05) is 48.0 Å². The Labute approximate surface area is 168 Å². The van der Waals surface area contributed by atoms with Gasteiger partial charge in [0.15, 0.2) is 0 Å². The molecule has 0 bridgehead atoms. The van der Waals surface area contributed by atoms with Crippen LogP contribution in [0.2, 0.25) is 5.02 Å². The highest BCUT2D eigenvalue weighted by Gasteiger charge is 2.34. The quantitative estimate of drug-likeness (QED) is 0.718. The maximum absolute atomic E-state index is 10.3. The lowest BCUT2D eigenvalue weighted by Crippen LogP contribution is -2.47. The van der Waals surface area contributed by atoms with E-state index in [0.29, 0.717) is 5.92 Å². The summed E-state index contributed by atoms with van der Waals surface area (Å²) in [6.07, 6.45) is 2.71. The van der Waals surface area contributed by atoms with Crippen LogP contribution in [-0.2, 0) is 6.42 Å². The zero-order chi connectivity index (χ0) is 18.0. The van der Waals surface area contributed by atoms with Crippen molar-refractivity contribution in [3.05, 3.63) is 59.1 Å². The van der Waals surface area contributed by atoms with Crippen LogP contribution in [0.4, 0.5) is 0 Å². The van der Waals surface area contributed by atoms with E-state index in [2.05, 4.69) is 50.4 Å². The molecule has 1 saturated carbocycles. The van der Waals surface area contributed by atoms with E-state index in [1.165, 1.54) is 16.7 Å². The minimum Gasteiger partial charge on any atom is -0.391 e. The second-order valence-electron chi connectivity index (χ2n) is 8.31. The average molecular weight is 394 g/mol. The summed E-state index contributed by atoms with van der Waals surface area (Å²) in [4.78, 5) is 0. The van der Waals surface area contributed by atoms with E-state index in [1.807, 2.05) is 24.3 Å². The highest BCUT2D eigenvalue weighted by Crippen LogP contribution is 2.31. The van der Waals surface area contributed by atoms with Gasteiger partial charge in [-0.15, -0.1) is 12.4 Å². The number of halogens is 2. The highest BCUT2D eigenvalue weighted by atomic mass is 35.5. The summed E-state index contributed by atoms with van der Waals surface area (Å²) < 4.78 is 0. The van der Waals surface area contributed by atoms with Gasteiger partial charge < -0.3 is 10.4 Å². The maximum Gasteiger partial charge on any atom is 0.0696 e. The molecule has 26 heavy (non-hydrogen) atoms. The molecule has 1 aliphatic carbocycles. The van der Waals surface area contributed by atoms with E-state index >= 15 is 0 Å². The monoisotopic (exact) mass is 393 g/mol. The Morgan fingerprint density at radius 1 is 0.962 bits per heavy atom. The maximum atomic E-state index is 10.3. The molecular formula is C22H29Cl2NO. The van der Waals surface area contributed by atoms with Gasteiger partial charge in [-0.25, -0.2) is 0 Å². The fraction of sp³-hybridized carbons (Fsp3) is 0.455. The Morgan fingerprint density at radius 2 is 1.50 bits per heavy atom. The fourth-order valence-corrected chi connectivity index (χ4v) is 3.93. The highest BCUT2D eigenvalue weighted by molar-refractivity contribution is 6.30. The molecule has 0 saturated heterocycles. The smallest absolute Gasteiger partial charge is 0.0696 e. The minimum absolute atomic E-state index is 0. The van der Waals surface area contributed by atoms with Gasteiger partial charge in [-0.2, -0.15) is 0 Å².